The lowest BCUT2D eigenvalue weighted by Crippen LogP contribution is -1.98. The van der Waals surface area contributed by atoms with Gasteiger partial charge in [-0.15, -0.1) is 11.8 Å². The Balaban J connectivity index is 3.81. The van der Waals surface area contributed by atoms with E-state index in [0.29, 0.717) is 6.42 Å². The molecular weight excluding hydrogens is 160 g/mol. The van der Waals surface area contributed by atoms with Gasteiger partial charge in [0.1, 0.15) is 5.78 Å². The molecule has 0 amide bonds. The summed E-state index contributed by atoms with van der Waals surface area (Å²) < 4.78 is 0. The van der Waals surface area contributed by atoms with E-state index in [-0.39, 0.29) is 5.78 Å². The monoisotopic (exact) mass is 172 g/mol. The van der Waals surface area contributed by atoms with E-state index in [1.54, 1.807) is 12.5 Å². The Kier molecular flexibility index (Phi) is 5.74. The highest BCUT2D eigenvalue weighted by molar-refractivity contribution is 8.11. The molecule has 0 bridgehead atoms. The molecule has 0 radical (unpaired) electrons. The second-order valence-corrected chi connectivity index (χ2v) is 2.85. The van der Waals surface area contributed by atoms with Crippen molar-refractivity contribution in [1.82, 2.24) is 0 Å². The normalized spacial score (nSPS) is 12.5. The molecule has 0 atom stereocenters. The van der Waals surface area contributed by atoms with Crippen LogP contribution in [0.3, 0.4) is 0 Å². The minimum atomic E-state index is 0.116. The molecule has 3 nitrogen and oxygen atoms in total. The minimum Gasteiger partial charge on any atom is -0.300 e. The molecular formula is C7H12N2OS. The van der Waals surface area contributed by atoms with Gasteiger partial charge in [-0.1, -0.05) is 0 Å². The second-order valence-electron chi connectivity index (χ2n) is 2.17. The lowest BCUT2D eigenvalue weighted by Gasteiger charge is -1.90. The van der Waals surface area contributed by atoms with Gasteiger partial charge in [0, 0.05) is 12.1 Å². The fraction of sp³-hybridized carbons (Fsp3) is 0.571. The van der Waals surface area contributed by atoms with Crippen LogP contribution in [0.5, 0.6) is 0 Å². The third-order valence-electron chi connectivity index (χ3n) is 0.886. The highest BCUT2D eigenvalue weighted by Gasteiger charge is 1.94. The summed E-state index contributed by atoms with van der Waals surface area (Å²) in [5, 5.41) is 7.52. The van der Waals surface area contributed by atoms with E-state index in [1.807, 2.05) is 6.26 Å². The first-order valence-electron chi connectivity index (χ1n) is 3.24. The molecule has 0 rings (SSSR count). The molecule has 0 saturated heterocycles. The summed E-state index contributed by atoms with van der Waals surface area (Å²) >= 11 is 1.48. The van der Waals surface area contributed by atoms with Gasteiger partial charge in [0.25, 0.3) is 0 Å². The number of nitrogens with zero attached hydrogens (tertiary/aromatic N) is 2. The first-order valence-corrected chi connectivity index (χ1v) is 4.52. The van der Waals surface area contributed by atoms with Gasteiger partial charge in [0.05, 0.1) is 5.55 Å². The van der Waals surface area contributed by atoms with Crippen molar-refractivity contribution < 1.29 is 4.79 Å². The molecule has 62 valence electrons. The van der Waals surface area contributed by atoms with E-state index in [2.05, 4.69) is 10.2 Å². The summed E-state index contributed by atoms with van der Waals surface area (Å²) in [5.74, 6) is 0.116. The molecule has 0 aliphatic heterocycles. The van der Waals surface area contributed by atoms with Crippen LogP contribution in [0.25, 0.3) is 0 Å². The van der Waals surface area contributed by atoms with Gasteiger partial charge in [-0.25, -0.2) is 0 Å². The van der Waals surface area contributed by atoms with Crippen LogP contribution in [0.1, 0.15) is 20.3 Å². The maximum atomic E-state index is 10.5. The molecule has 11 heavy (non-hydrogen) atoms. The van der Waals surface area contributed by atoms with Crippen molar-refractivity contribution in [2.45, 2.75) is 20.3 Å². The zero-order valence-corrected chi connectivity index (χ0v) is 7.81. The van der Waals surface area contributed by atoms with Crippen LogP contribution < -0.4 is 0 Å². The van der Waals surface area contributed by atoms with E-state index in [1.165, 1.54) is 18.7 Å². The Bertz CT molecular complexity index is 187. The van der Waals surface area contributed by atoms with Gasteiger partial charge < -0.3 is 0 Å². The summed E-state index contributed by atoms with van der Waals surface area (Å²) in [6.07, 6.45) is 2.30. The molecule has 4 heteroatoms. The molecule has 0 aliphatic rings. The van der Waals surface area contributed by atoms with Crippen LogP contribution in [0.15, 0.2) is 10.2 Å². The van der Waals surface area contributed by atoms with Gasteiger partial charge in [0.2, 0.25) is 0 Å². The predicted molar refractivity (Wildman–Crippen MR) is 50.4 cm³/mol. The van der Waals surface area contributed by atoms with Gasteiger partial charge in [-0.2, -0.15) is 10.2 Å². The number of carbonyl (C=O) groups is 1. The predicted octanol–water partition coefficient (Wildman–Crippen LogP) is 1.73. The summed E-state index contributed by atoms with van der Waals surface area (Å²) in [7, 11) is 0. The molecule has 0 aliphatic carbocycles. The highest BCUT2D eigenvalue weighted by Crippen LogP contribution is 1.90. The zero-order valence-electron chi connectivity index (χ0n) is 7.00. The third kappa shape index (κ3) is 7.25. The Morgan fingerprint density at radius 3 is 2.64 bits per heavy atom. The molecule has 0 N–H and O–H groups in total. The maximum absolute atomic E-state index is 10.5. The molecule has 0 aromatic carbocycles. The zero-order chi connectivity index (χ0) is 8.69. The van der Waals surface area contributed by atoms with Gasteiger partial charge in [0.15, 0.2) is 0 Å². The average molecular weight is 172 g/mol. The third-order valence-corrected chi connectivity index (χ3v) is 1.19. The van der Waals surface area contributed by atoms with Crippen molar-refractivity contribution in [2.75, 3.05) is 6.26 Å². The number of thioether (sulfide) groups is 1. The molecule has 0 aromatic rings. The van der Waals surface area contributed by atoms with Gasteiger partial charge in [-0.3, -0.25) is 4.79 Å². The van der Waals surface area contributed by atoms with Crippen LogP contribution in [-0.2, 0) is 4.79 Å². The van der Waals surface area contributed by atoms with E-state index in [4.69, 9.17) is 0 Å². The van der Waals surface area contributed by atoms with Crippen molar-refractivity contribution >= 4 is 28.8 Å². The van der Waals surface area contributed by atoms with Crippen molar-refractivity contribution in [2.24, 2.45) is 10.2 Å². The largest absolute Gasteiger partial charge is 0.300 e. The van der Waals surface area contributed by atoms with Crippen LogP contribution in [-0.4, -0.2) is 23.3 Å². The molecule has 0 heterocycles. The number of hydrogen-bond donors (Lipinski definition) is 0. The van der Waals surface area contributed by atoms with E-state index in [9.17, 15) is 4.79 Å². The molecule has 0 fully saturated rings. The number of hydrogen-bond acceptors (Lipinski definition) is 4. The molecule has 0 aromatic heterocycles. The first-order chi connectivity index (χ1) is 5.16. The van der Waals surface area contributed by atoms with Crippen molar-refractivity contribution in [1.29, 1.82) is 0 Å². The highest BCUT2D eigenvalue weighted by atomic mass is 32.2. The number of ketones is 1. The number of Topliss-reactive ketones (excluding diaryl/α,β-unsaturated/α-hetero) is 1. The molecule has 0 unspecified atom stereocenters. The molecule has 0 saturated carbocycles. The summed E-state index contributed by atoms with van der Waals surface area (Å²) in [4.78, 5) is 10.5. The fourth-order valence-electron chi connectivity index (χ4n) is 0.565. The summed E-state index contributed by atoms with van der Waals surface area (Å²) in [5.41, 5.74) is 2.38. The first kappa shape index (κ1) is 10.4. The van der Waals surface area contributed by atoms with Crippen LogP contribution in [0.4, 0.5) is 0 Å². The average Bonchev–Trinajstić information content (AvgIpc) is 1.86. The van der Waals surface area contributed by atoms with Gasteiger partial charge in [-0.05, 0) is 20.1 Å². The smallest absolute Gasteiger partial charge is 0.135 e. The Hall–Kier alpha value is -0.640. The van der Waals surface area contributed by atoms with E-state index >= 15 is 0 Å². The maximum Gasteiger partial charge on any atom is 0.135 e. The Morgan fingerprint density at radius 1 is 1.55 bits per heavy atom. The molecule has 0 spiro atoms. The lowest BCUT2D eigenvalue weighted by molar-refractivity contribution is -0.115. The quantitative estimate of drug-likeness (QED) is 0.368. The Morgan fingerprint density at radius 2 is 2.18 bits per heavy atom. The standard InChI is InChI=1S/C7H12N2OS/c1-6(4-7(2)10)9-8-5-11-3/h5H,4H2,1-3H3. The lowest BCUT2D eigenvalue weighted by atomic mass is 10.2. The fourth-order valence-corrected chi connectivity index (χ4v) is 0.706. The number of rotatable bonds is 4. The minimum absolute atomic E-state index is 0.116. The number of carbonyl (C=O) groups excluding carboxylic acids is 1. The van der Waals surface area contributed by atoms with Crippen LogP contribution in [0, 0.1) is 0 Å². The topological polar surface area (TPSA) is 41.8 Å². The second kappa shape index (κ2) is 6.09. The Labute approximate surface area is 71.0 Å². The van der Waals surface area contributed by atoms with E-state index < -0.39 is 0 Å². The van der Waals surface area contributed by atoms with Crippen molar-refractivity contribution in [3.63, 3.8) is 0 Å². The summed E-state index contributed by atoms with van der Waals surface area (Å²) in [6.45, 7) is 3.33. The van der Waals surface area contributed by atoms with Crippen molar-refractivity contribution in [3.05, 3.63) is 0 Å². The SMILES string of the molecule is CSC=NN=C(C)CC(C)=O. The van der Waals surface area contributed by atoms with Crippen LogP contribution >= 0.6 is 11.8 Å². The van der Waals surface area contributed by atoms with E-state index in [0.717, 1.165) is 5.71 Å². The van der Waals surface area contributed by atoms with Crippen LogP contribution in [0.2, 0.25) is 0 Å². The summed E-state index contributed by atoms with van der Waals surface area (Å²) in [6, 6.07) is 0. The van der Waals surface area contributed by atoms with Crippen molar-refractivity contribution in [3.8, 4) is 0 Å². The van der Waals surface area contributed by atoms with Gasteiger partial charge >= 0.3 is 0 Å².